The number of nitrogens with one attached hydrogen (secondary N) is 1. The topological polar surface area (TPSA) is 42.2 Å². The van der Waals surface area contributed by atoms with Crippen LogP contribution < -0.4 is 5.32 Å². The molecule has 0 saturated heterocycles. The van der Waals surface area contributed by atoms with Gasteiger partial charge < -0.3 is 9.73 Å². The highest BCUT2D eigenvalue weighted by molar-refractivity contribution is 6.06. The van der Waals surface area contributed by atoms with Crippen molar-refractivity contribution in [1.29, 1.82) is 0 Å². The molecule has 0 saturated carbocycles. The third-order valence-corrected chi connectivity index (χ3v) is 3.81. The summed E-state index contributed by atoms with van der Waals surface area (Å²) >= 11 is 0. The molecule has 106 valence electrons. The van der Waals surface area contributed by atoms with Crippen molar-refractivity contribution in [2.75, 3.05) is 5.32 Å². The van der Waals surface area contributed by atoms with E-state index in [2.05, 4.69) is 5.32 Å². The number of benzene rings is 2. The second-order valence-electron chi connectivity index (χ2n) is 5.31. The fourth-order valence-corrected chi connectivity index (χ4v) is 2.40. The molecule has 1 heterocycles. The first-order valence-corrected chi connectivity index (χ1v) is 6.93. The summed E-state index contributed by atoms with van der Waals surface area (Å²) < 4.78 is 5.67. The molecule has 21 heavy (non-hydrogen) atoms. The van der Waals surface area contributed by atoms with Crippen molar-refractivity contribution >= 4 is 22.6 Å². The van der Waals surface area contributed by atoms with Crippen molar-refractivity contribution in [3.8, 4) is 0 Å². The van der Waals surface area contributed by atoms with Crippen molar-refractivity contribution in [1.82, 2.24) is 0 Å². The van der Waals surface area contributed by atoms with E-state index in [1.165, 1.54) is 5.56 Å². The zero-order valence-corrected chi connectivity index (χ0v) is 12.4. The van der Waals surface area contributed by atoms with E-state index in [4.69, 9.17) is 4.42 Å². The van der Waals surface area contributed by atoms with Crippen LogP contribution in [-0.2, 0) is 0 Å². The number of carbonyl (C=O) groups is 1. The Labute approximate surface area is 123 Å². The molecule has 0 aliphatic carbocycles. The van der Waals surface area contributed by atoms with Crippen LogP contribution in [0.1, 0.15) is 27.2 Å². The minimum Gasteiger partial charge on any atom is -0.451 e. The zero-order chi connectivity index (χ0) is 15.0. The van der Waals surface area contributed by atoms with E-state index in [1.807, 2.05) is 63.2 Å². The van der Waals surface area contributed by atoms with E-state index in [0.29, 0.717) is 5.76 Å². The lowest BCUT2D eigenvalue weighted by Gasteiger charge is -2.06. The van der Waals surface area contributed by atoms with Gasteiger partial charge in [0, 0.05) is 16.6 Å². The van der Waals surface area contributed by atoms with Crippen LogP contribution in [0.25, 0.3) is 11.0 Å². The molecule has 0 bridgehead atoms. The Bertz CT molecular complexity index is 830. The fourth-order valence-electron chi connectivity index (χ4n) is 2.40. The first-order chi connectivity index (χ1) is 10.1. The number of carbonyl (C=O) groups excluding carboxylic acids is 1. The zero-order valence-electron chi connectivity index (χ0n) is 12.4. The summed E-state index contributed by atoms with van der Waals surface area (Å²) in [5.41, 5.74) is 4.73. The Balaban J connectivity index is 1.93. The van der Waals surface area contributed by atoms with Crippen LogP contribution in [0.4, 0.5) is 5.69 Å². The van der Waals surface area contributed by atoms with Gasteiger partial charge in [-0.1, -0.05) is 24.3 Å². The maximum Gasteiger partial charge on any atom is 0.291 e. The van der Waals surface area contributed by atoms with Gasteiger partial charge >= 0.3 is 0 Å². The standard InChI is InChI=1S/C18H17NO2/c1-11-8-9-14(10-12(11)2)19-18(20)17-13(3)15-6-4-5-7-16(15)21-17/h4-10H,1-3H3,(H,19,20). The molecule has 0 radical (unpaired) electrons. The summed E-state index contributed by atoms with van der Waals surface area (Å²) in [6.45, 7) is 5.98. The molecular weight excluding hydrogens is 262 g/mol. The number of hydrogen-bond acceptors (Lipinski definition) is 2. The Morgan fingerprint density at radius 2 is 1.76 bits per heavy atom. The van der Waals surface area contributed by atoms with E-state index < -0.39 is 0 Å². The highest BCUT2D eigenvalue weighted by atomic mass is 16.3. The molecule has 2 aromatic carbocycles. The molecular formula is C18H17NO2. The Morgan fingerprint density at radius 1 is 1.00 bits per heavy atom. The third kappa shape index (κ3) is 2.42. The van der Waals surface area contributed by atoms with E-state index in [-0.39, 0.29) is 5.91 Å². The fraction of sp³-hybridized carbons (Fsp3) is 0.167. The quantitative estimate of drug-likeness (QED) is 0.744. The van der Waals surface area contributed by atoms with Gasteiger partial charge in [0.25, 0.3) is 5.91 Å². The lowest BCUT2D eigenvalue weighted by molar-refractivity contribution is 0.0998. The van der Waals surface area contributed by atoms with Gasteiger partial charge in [-0.2, -0.15) is 0 Å². The van der Waals surface area contributed by atoms with Crippen molar-refractivity contribution in [2.24, 2.45) is 0 Å². The monoisotopic (exact) mass is 279 g/mol. The lowest BCUT2D eigenvalue weighted by Crippen LogP contribution is -2.12. The third-order valence-electron chi connectivity index (χ3n) is 3.81. The van der Waals surface area contributed by atoms with E-state index >= 15 is 0 Å². The first-order valence-electron chi connectivity index (χ1n) is 6.93. The normalized spacial score (nSPS) is 10.8. The summed E-state index contributed by atoms with van der Waals surface area (Å²) in [6.07, 6.45) is 0. The Hall–Kier alpha value is -2.55. The highest BCUT2D eigenvalue weighted by Crippen LogP contribution is 2.25. The lowest BCUT2D eigenvalue weighted by atomic mass is 10.1. The summed E-state index contributed by atoms with van der Waals surface area (Å²) in [4.78, 5) is 12.4. The molecule has 0 aliphatic heterocycles. The average Bonchev–Trinajstić information content (AvgIpc) is 2.81. The van der Waals surface area contributed by atoms with Crippen LogP contribution in [-0.4, -0.2) is 5.91 Å². The molecule has 1 amide bonds. The molecule has 0 spiro atoms. The average molecular weight is 279 g/mol. The van der Waals surface area contributed by atoms with Crippen LogP contribution in [0.3, 0.4) is 0 Å². The molecule has 3 heteroatoms. The molecule has 0 unspecified atom stereocenters. The molecule has 0 aliphatic rings. The van der Waals surface area contributed by atoms with Crippen LogP contribution in [0.2, 0.25) is 0 Å². The summed E-state index contributed by atoms with van der Waals surface area (Å²) in [5.74, 6) is 0.154. The molecule has 0 atom stereocenters. The minimum absolute atomic E-state index is 0.216. The maximum absolute atomic E-state index is 12.4. The van der Waals surface area contributed by atoms with Gasteiger partial charge in [-0.25, -0.2) is 0 Å². The SMILES string of the molecule is Cc1ccc(NC(=O)c2oc3ccccc3c2C)cc1C. The van der Waals surface area contributed by atoms with Gasteiger partial charge in [-0.15, -0.1) is 0 Å². The number of furan rings is 1. The minimum atomic E-state index is -0.216. The highest BCUT2D eigenvalue weighted by Gasteiger charge is 2.17. The summed E-state index contributed by atoms with van der Waals surface area (Å²) in [6, 6.07) is 13.5. The largest absolute Gasteiger partial charge is 0.451 e. The predicted molar refractivity (Wildman–Crippen MR) is 84.8 cm³/mol. The predicted octanol–water partition coefficient (Wildman–Crippen LogP) is 4.61. The van der Waals surface area contributed by atoms with Gasteiger partial charge in [0.05, 0.1) is 0 Å². The van der Waals surface area contributed by atoms with E-state index in [9.17, 15) is 4.79 Å². The molecule has 0 fully saturated rings. The maximum atomic E-state index is 12.4. The van der Waals surface area contributed by atoms with Crippen molar-refractivity contribution in [3.63, 3.8) is 0 Å². The Morgan fingerprint density at radius 3 is 2.48 bits per heavy atom. The van der Waals surface area contributed by atoms with Crippen LogP contribution in [0.5, 0.6) is 0 Å². The summed E-state index contributed by atoms with van der Waals surface area (Å²) in [5, 5.41) is 3.87. The molecule has 3 nitrogen and oxygen atoms in total. The van der Waals surface area contributed by atoms with Gasteiger partial charge in [0.1, 0.15) is 5.58 Å². The molecule has 1 aromatic heterocycles. The summed E-state index contributed by atoms with van der Waals surface area (Å²) in [7, 11) is 0. The molecule has 3 aromatic rings. The van der Waals surface area contributed by atoms with Crippen LogP contribution >= 0.6 is 0 Å². The van der Waals surface area contributed by atoms with Crippen LogP contribution in [0, 0.1) is 20.8 Å². The van der Waals surface area contributed by atoms with Gasteiger partial charge in [0.2, 0.25) is 0 Å². The number of fused-ring (bicyclic) bond motifs is 1. The van der Waals surface area contributed by atoms with Crippen LogP contribution in [0.15, 0.2) is 46.9 Å². The van der Waals surface area contributed by atoms with Gasteiger partial charge in [-0.3, -0.25) is 4.79 Å². The number of hydrogen-bond donors (Lipinski definition) is 1. The van der Waals surface area contributed by atoms with Crippen molar-refractivity contribution in [3.05, 3.63) is 64.9 Å². The van der Waals surface area contributed by atoms with Gasteiger partial charge in [0.15, 0.2) is 5.76 Å². The second-order valence-corrected chi connectivity index (χ2v) is 5.31. The van der Waals surface area contributed by atoms with Crippen molar-refractivity contribution < 1.29 is 9.21 Å². The van der Waals surface area contributed by atoms with Crippen molar-refractivity contribution in [2.45, 2.75) is 20.8 Å². The number of anilines is 1. The number of amides is 1. The number of aryl methyl sites for hydroxylation is 3. The molecule has 3 rings (SSSR count). The van der Waals surface area contributed by atoms with E-state index in [0.717, 1.165) is 27.8 Å². The van der Waals surface area contributed by atoms with Gasteiger partial charge in [-0.05, 0) is 50.1 Å². The second kappa shape index (κ2) is 5.09. The number of para-hydroxylation sites is 1. The first kappa shape index (κ1) is 13.4. The Kier molecular flexibility index (Phi) is 3.26. The molecule has 1 N–H and O–H groups in total. The smallest absolute Gasteiger partial charge is 0.291 e. The van der Waals surface area contributed by atoms with E-state index in [1.54, 1.807) is 0 Å². The number of rotatable bonds is 2.